The smallest absolute Gasteiger partial charge is 0.271 e. The van der Waals surface area contributed by atoms with Crippen LogP contribution in [0.4, 0.5) is 5.00 Å². The Hall–Kier alpha value is -2.69. The van der Waals surface area contributed by atoms with Crippen molar-refractivity contribution in [3.05, 3.63) is 58.7 Å². The summed E-state index contributed by atoms with van der Waals surface area (Å²) in [5.74, 6) is 0.528. The van der Waals surface area contributed by atoms with Gasteiger partial charge in [-0.05, 0) is 29.8 Å². The summed E-state index contributed by atoms with van der Waals surface area (Å²) < 4.78 is 7.26. The van der Waals surface area contributed by atoms with Gasteiger partial charge >= 0.3 is 0 Å². The first-order chi connectivity index (χ1) is 14.7. The second kappa shape index (κ2) is 9.88. The summed E-state index contributed by atoms with van der Waals surface area (Å²) in [4.78, 5) is 15.6. The van der Waals surface area contributed by atoms with E-state index in [0.717, 1.165) is 47.7 Å². The minimum absolute atomic E-state index is 0.233. The summed E-state index contributed by atoms with van der Waals surface area (Å²) in [7, 11) is 1.91. The van der Waals surface area contributed by atoms with E-state index in [1.807, 2.05) is 29.8 Å². The molecule has 0 aliphatic carbocycles. The fourth-order valence-electron chi connectivity index (χ4n) is 2.89. The molecule has 3 heterocycles. The number of morpholine rings is 1. The largest absolute Gasteiger partial charge is 0.378 e. The molecule has 1 saturated heterocycles. The molecule has 4 rings (SSSR count). The average molecular weight is 443 g/mol. The van der Waals surface area contributed by atoms with Crippen LogP contribution in [0.3, 0.4) is 0 Å². The van der Waals surface area contributed by atoms with Gasteiger partial charge < -0.3 is 14.2 Å². The summed E-state index contributed by atoms with van der Waals surface area (Å²) >= 11 is 3.25. The molecule has 1 aliphatic heterocycles. The molecule has 3 aromatic rings. The number of hydrazone groups is 1. The van der Waals surface area contributed by atoms with Crippen molar-refractivity contribution in [3.63, 3.8) is 0 Å². The summed E-state index contributed by atoms with van der Waals surface area (Å²) in [6, 6.07) is 11.6. The molecule has 0 unspecified atom stereocenters. The van der Waals surface area contributed by atoms with Crippen molar-refractivity contribution >= 4 is 40.2 Å². The maximum atomic E-state index is 12.3. The Morgan fingerprint density at radius 1 is 1.27 bits per heavy atom. The fraction of sp³-hybridized carbons (Fsp3) is 0.300. The molecule has 1 aromatic carbocycles. The lowest BCUT2D eigenvalue weighted by Crippen LogP contribution is -2.35. The molecular formula is C20H22N6O2S2. The summed E-state index contributed by atoms with van der Waals surface area (Å²) in [5.41, 5.74) is 4.27. The maximum Gasteiger partial charge on any atom is 0.271 e. The van der Waals surface area contributed by atoms with Crippen LogP contribution in [0.5, 0.6) is 0 Å². The third kappa shape index (κ3) is 5.26. The number of hydrogen-bond donors (Lipinski definition) is 1. The van der Waals surface area contributed by atoms with Crippen molar-refractivity contribution in [2.75, 3.05) is 31.2 Å². The first kappa shape index (κ1) is 20.6. The lowest BCUT2D eigenvalue weighted by atomic mass is 10.1. The van der Waals surface area contributed by atoms with Crippen LogP contribution < -0.4 is 10.3 Å². The van der Waals surface area contributed by atoms with Crippen LogP contribution in [-0.4, -0.2) is 53.2 Å². The van der Waals surface area contributed by atoms with Crippen LogP contribution in [0.15, 0.2) is 53.0 Å². The second-order valence-electron chi connectivity index (χ2n) is 6.68. The van der Waals surface area contributed by atoms with Gasteiger partial charge in [-0.3, -0.25) is 4.79 Å². The Morgan fingerprint density at radius 3 is 2.80 bits per heavy atom. The Labute approximate surface area is 182 Å². The van der Waals surface area contributed by atoms with Gasteiger partial charge in [0.2, 0.25) is 0 Å². The van der Waals surface area contributed by atoms with E-state index in [4.69, 9.17) is 4.74 Å². The Morgan fingerprint density at radius 2 is 2.07 bits per heavy atom. The number of ether oxygens (including phenoxy) is 1. The average Bonchev–Trinajstić information content (AvgIpc) is 3.42. The summed E-state index contributed by atoms with van der Waals surface area (Å²) in [5, 5.41) is 14.1. The first-order valence-corrected chi connectivity index (χ1v) is 11.3. The molecule has 1 aliphatic rings. The SMILES string of the molecule is Cn1cnnc1SCc1ccc(C(=O)N/N=C/c2ccc(N3CCOCC3)s2)cc1. The van der Waals surface area contributed by atoms with Crippen LogP contribution in [-0.2, 0) is 17.5 Å². The highest BCUT2D eigenvalue weighted by Crippen LogP contribution is 2.25. The van der Waals surface area contributed by atoms with E-state index in [1.54, 1.807) is 47.8 Å². The van der Waals surface area contributed by atoms with Gasteiger partial charge in [-0.1, -0.05) is 23.9 Å². The van der Waals surface area contributed by atoms with Gasteiger partial charge in [0.1, 0.15) is 6.33 Å². The molecule has 10 heteroatoms. The summed E-state index contributed by atoms with van der Waals surface area (Å²) in [6.45, 7) is 3.33. The lowest BCUT2D eigenvalue weighted by Gasteiger charge is -2.27. The highest BCUT2D eigenvalue weighted by molar-refractivity contribution is 7.98. The first-order valence-electron chi connectivity index (χ1n) is 9.51. The van der Waals surface area contributed by atoms with Crippen molar-refractivity contribution in [2.24, 2.45) is 12.1 Å². The number of nitrogens with zero attached hydrogens (tertiary/aromatic N) is 5. The number of aromatic nitrogens is 3. The van der Waals surface area contributed by atoms with Gasteiger partial charge in [0.05, 0.1) is 24.4 Å². The molecule has 8 nitrogen and oxygen atoms in total. The number of thiophene rings is 1. The third-order valence-corrected chi connectivity index (χ3v) is 6.73. The van der Waals surface area contributed by atoms with E-state index in [-0.39, 0.29) is 5.91 Å². The predicted octanol–water partition coefficient (Wildman–Crippen LogP) is 2.77. The van der Waals surface area contributed by atoms with E-state index >= 15 is 0 Å². The zero-order valence-electron chi connectivity index (χ0n) is 16.5. The number of thioether (sulfide) groups is 1. The lowest BCUT2D eigenvalue weighted by molar-refractivity contribution is 0.0955. The zero-order valence-corrected chi connectivity index (χ0v) is 18.2. The van der Waals surface area contributed by atoms with Crippen LogP contribution in [0.25, 0.3) is 0 Å². The number of amides is 1. The van der Waals surface area contributed by atoms with Crippen molar-refractivity contribution in [3.8, 4) is 0 Å². The van der Waals surface area contributed by atoms with Gasteiger partial charge in [0, 0.05) is 36.3 Å². The number of anilines is 1. The fourth-order valence-corrected chi connectivity index (χ4v) is 4.66. The van der Waals surface area contributed by atoms with Gasteiger partial charge in [-0.2, -0.15) is 5.10 Å². The molecule has 1 fully saturated rings. The maximum absolute atomic E-state index is 12.3. The van der Waals surface area contributed by atoms with Crippen LogP contribution in [0.2, 0.25) is 0 Å². The van der Waals surface area contributed by atoms with Crippen molar-refractivity contribution in [1.29, 1.82) is 0 Å². The van der Waals surface area contributed by atoms with Gasteiger partial charge in [0.25, 0.3) is 5.91 Å². The van der Waals surface area contributed by atoms with Gasteiger partial charge in [-0.15, -0.1) is 21.5 Å². The van der Waals surface area contributed by atoms with E-state index < -0.39 is 0 Å². The molecule has 0 radical (unpaired) electrons. The molecule has 0 saturated carbocycles. The number of carbonyl (C=O) groups excluding carboxylic acids is 1. The van der Waals surface area contributed by atoms with Crippen LogP contribution >= 0.6 is 23.1 Å². The van der Waals surface area contributed by atoms with Gasteiger partial charge in [0.15, 0.2) is 5.16 Å². The standard InChI is InChI=1S/C20H22N6O2S2/c1-25-14-22-24-20(25)29-13-15-2-4-16(5-3-15)19(27)23-21-12-17-6-7-18(30-17)26-8-10-28-11-9-26/h2-7,12,14H,8-11,13H2,1H3,(H,23,27)/b21-12+. The minimum atomic E-state index is -0.233. The Balaban J connectivity index is 1.27. The number of hydrogen-bond acceptors (Lipinski definition) is 8. The number of benzene rings is 1. The van der Waals surface area contributed by atoms with Crippen molar-refractivity contribution < 1.29 is 9.53 Å². The predicted molar refractivity (Wildman–Crippen MR) is 119 cm³/mol. The quantitative estimate of drug-likeness (QED) is 0.344. The highest BCUT2D eigenvalue weighted by Gasteiger charge is 2.12. The van der Waals surface area contributed by atoms with E-state index in [1.165, 1.54) is 5.00 Å². The number of carbonyl (C=O) groups is 1. The Kier molecular flexibility index (Phi) is 6.77. The molecule has 1 amide bonds. The molecular weight excluding hydrogens is 420 g/mol. The highest BCUT2D eigenvalue weighted by atomic mass is 32.2. The van der Waals surface area contributed by atoms with E-state index in [0.29, 0.717) is 5.56 Å². The molecule has 0 atom stereocenters. The molecule has 0 bridgehead atoms. The molecule has 156 valence electrons. The number of nitrogens with one attached hydrogen (secondary N) is 1. The molecule has 2 aromatic heterocycles. The monoisotopic (exact) mass is 442 g/mol. The van der Waals surface area contributed by atoms with E-state index in [9.17, 15) is 4.79 Å². The van der Waals surface area contributed by atoms with E-state index in [2.05, 4.69) is 31.7 Å². The minimum Gasteiger partial charge on any atom is -0.378 e. The van der Waals surface area contributed by atoms with Crippen molar-refractivity contribution in [1.82, 2.24) is 20.2 Å². The van der Waals surface area contributed by atoms with Crippen molar-refractivity contribution in [2.45, 2.75) is 10.9 Å². The number of rotatable bonds is 7. The molecule has 30 heavy (non-hydrogen) atoms. The topological polar surface area (TPSA) is 84.6 Å². The summed E-state index contributed by atoms with van der Waals surface area (Å²) in [6.07, 6.45) is 3.36. The second-order valence-corrected chi connectivity index (χ2v) is 8.72. The van der Waals surface area contributed by atoms with Gasteiger partial charge in [-0.25, -0.2) is 5.43 Å². The normalized spacial score (nSPS) is 14.4. The Bertz CT molecular complexity index is 1010. The van der Waals surface area contributed by atoms with Crippen LogP contribution in [0, 0.1) is 0 Å². The zero-order chi connectivity index (χ0) is 20.8. The molecule has 0 spiro atoms. The van der Waals surface area contributed by atoms with Crippen LogP contribution in [0.1, 0.15) is 20.8 Å². The molecule has 1 N–H and O–H groups in total. The third-order valence-electron chi connectivity index (χ3n) is 4.55. The number of aryl methyl sites for hydroxylation is 1.